The summed E-state index contributed by atoms with van der Waals surface area (Å²) in [6.07, 6.45) is 4.58. The summed E-state index contributed by atoms with van der Waals surface area (Å²) in [5.74, 6) is 0. The lowest BCUT2D eigenvalue weighted by molar-refractivity contribution is 0.602. The first kappa shape index (κ1) is 13.4. The lowest BCUT2D eigenvalue weighted by Crippen LogP contribution is -2.12. The summed E-state index contributed by atoms with van der Waals surface area (Å²) >= 11 is 0. The number of aryl methyl sites for hydroxylation is 1. The van der Waals surface area contributed by atoms with E-state index in [0.29, 0.717) is 22.3 Å². The van der Waals surface area contributed by atoms with Gasteiger partial charge in [0, 0.05) is 29.0 Å². The number of nitrogen functional groups attached to an aromatic ring is 1. The van der Waals surface area contributed by atoms with Crippen LogP contribution in [0.15, 0.2) is 47.8 Å². The van der Waals surface area contributed by atoms with Crippen molar-refractivity contribution in [2.75, 3.05) is 10.5 Å². The first-order chi connectivity index (χ1) is 9.95. The van der Waals surface area contributed by atoms with Crippen LogP contribution in [0.3, 0.4) is 0 Å². The molecule has 0 atom stereocenters. The highest BCUT2D eigenvalue weighted by molar-refractivity contribution is 7.93. The highest BCUT2D eigenvalue weighted by Gasteiger charge is 2.19. The van der Waals surface area contributed by atoms with Crippen LogP contribution in [0.4, 0.5) is 11.4 Å². The van der Waals surface area contributed by atoms with Gasteiger partial charge < -0.3 is 10.7 Å². The number of aromatic nitrogens is 2. The van der Waals surface area contributed by atoms with Crippen molar-refractivity contribution in [2.24, 2.45) is 0 Å². The van der Waals surface area contributed by atoms with E-state index in [-0.39, 0.29) is 4.90 Å². The minimum absolute atomic E-state index is 0.180. The van der Waals surface area contributed by atoms with E-state index in [1.165, 1.54) is 12.4 Å². The Kier molecular flexibility index (Phi) is 3.06. The lowest BCUT2D eigenvalue weighted by Gasteiger charge is -2.07. The molecule has 0 fully saturated rings. The van der Waals surface area contributed by atoms with Crippen LogP contribution in [-0.4, -0.2) is 18.4 Å². The summed E-state index contributed by atoms with van der Waals surface area (Å²) in [5, 5.41) is 0.595. The van der Waals surface area contributed by atoms with Gasteiger partial charge in [-0.2, -0.15) is 0 Å². The van der Waals surface area contributed by atoms with Gasteiger partial charge >= 0.3 is 0 Å². The average Bonchev–Trinajstić information content (AvgIpc) is 2.81. The molecule has 0 bridgehead atoms. The number of rotatable bonds is 3. The van der Waals surface area contributed by atoms with Crippen LogP contribution in [0, 0.1) is 6.92 Å². The number of hydrogen-bond acceptors (Lipinski definition) is 4. The lowest BCUT2D eigenvalue weighted by atomic mass is 10.2. The fourth-order valence-corrected chi connectivity index (χ4v) is 3.37. The molecular formula is C14H14N4O2S. The van der Waals surface area contributed by atoms with Crippen LogP contribution in [0.5, 0.6) is 0 Å². The minimum atomic E-state index is -3.69. The maximum absolute atomic E-state index is 12.5. The maximum Gasteiger partial charge on any atom is 0.264 e. The number of nitrogens with zero attached hydrogens (tertiary/aromatic N) is 1. The summed E-state index contributed by atoms with van der Waals surface area (Å²) in [6, 6.07) is 6.77. The summed E-state index contributed by atoms with van der Waals surface area (Å²) in [6.45, 7) is 1.85. The van der Waals surface area contributed by atoms with Crippen molar-refractivity contribution in [3.63, 3.8) is 0 Å². The molecule has 2 aromatic heterocycles. The Morgan fingerprint density at radius 3 is 2.81 bits per heavy atom. The van der Waals surface area contributed by atoms with Gasteiger partial charge in [0.1, 0.15) is 4.90 Å². The molecule has 3 aromatic rings. The summed E-state index contributed by atoms with van der Waals surface area (Å²) < 4.78 is 27.5. The third-order valence-corrected chi connectivity index (χ3v) is 4.51. The predicted molar refractivity (Wildman–Crippen MR) is 82.5 cm³/mol. The highest BCUT2D eigenvalue weighted by Crippen LogP contribution is 2.26. The van der Waals surface area contributed by atoms with Gasteiger partial charge in [-0.05, 0) is 36.8 Å². The molecule has 0 saturated carbocycles. The number of aromatic amines is 1. The van der Waals surface area contributed by atoms with E-state index in [4.69, 9.17) is 5.73 Å². The Labute approximate surface area is 122 Å². The standard InChI is InChI=1S/C14H14N4O2S/c1-9-4-11(7-16-6-9)18-21(19,20)14-8-17-13-5-10(15)2-3-12(13)14/h2-8,17-18H,15H2,1H3. The topological polar surface area (TPSA) is 101 Å². The van der Waals surface area contributed by atoms with Gasteiger partial charge in [0.2, 0.25) is 0 Å². The second-order valence-corrected chi connectivity index (χ2v) is 6.47. The Morgan fingerprint density at radius 1 is 1.24 bits per heavy atom. The molecule has 0 aliphatic rings. The SMILES string of the molecule is Cc1cncc(NS(=O)(=O)c2c[nH]c3cc(N)ccc23)c1. The van der Waals surface area contributed by atoms with E-state index in [1.54, 1.807) is 30.5 Å². The number of hydrogen-bond donors (Lipinski definition) is 3. The van der Waals surface area contributed by atoms with E-state index in [1.807, 2.05) is 6.92 Å². The Balaban J connectivity index is 2.04. The second-order valence-electron chi connectivity index (χ2n) is 4.81. The number of fused-ring (bicyclic) bond motifs is 1. The van der Waals surface area contributed by atoms with Crippen LogP contribution < -0.4 is 10.5 Å². The number of benzene rings is 1. The Bertz CT molecular complexity index is 916. The van der Waals surface area contributed by atoms with E-state index in [2.05, 4.69) is 14.7 Å². The van der Waals surface area contributed by atoms with E-state index < -0.39 is 10.0 Å². The first-order valence-electron chi connectivity index (χ1n) is 6.27. The van der Waals surface area contributed by atoms with Crippen molar-refractivity contribution in [1.29, 1.82) is 0 Å². The minimum Gasteiger partial charge on any atom is -0.399 e. The second kappa shape index (κ2) is 4.78. The number of nitrogens with one attached hydrogen (secondary N) is 2. The first-order valence-corrected chi connectivity index (χ1v) is 7.75. The molecule has 7 heteroatoms. The largest absolute Gasteiger partial charge is 0.399 e. The fourth-order valence-electron chi connectivity index (χ4n) is 2.16. The van der Waals surface area contributed by atoms with Crippen molar-refractivity contribution < 1.29 is 8.42 Å². The fraction of sp³-hybridized carbons (Fsp3) is 0.0714. The molecular weight excluding hydrogens is 288 g/mol. The zero-order valence-electron chi connectivity index (χ0n) is 11.3. The smallest absolute Gasteiger partial charge is 0.264 e. The Hall–Kier alpha value is -2.54. The van der Waals surface area contributed by atoms with Crippen LogP contribution in [0.1, 0.15) is 5.56 Å². The number of nitrogens with two attached hydrogens (primary N) is 1. The molecule has 2 heterocycles. The van der Waals surface area contributed by atoms with Crippen molar-refractivity contribution in [1.82, 2.24) is 9.97 Å². The summed E-state index contributed by atoms with van der Waals surface area (Å²) in [4.78, 5) is 7.07. The zero-order chi connectivity index (χ0) is 15.0. The molecule has 0 aliphatic heterocycles. The van der Waals surface area contributed by atoms with Crippen molar-refractivity contribution in [3.05, 3.63) is 48.4 Å². The summed E-state index contributed by atoms with van der Waals surface area (Å²) in [5.41, 5.74) is 8.25. The average molecular weight is 302 g/mol. The van der Waals surface area contributed by atoms with Gasteiger partial charge in [0.15, 0.2) is 0 Å². The third-order valence-electron chi connectivity index (χ3n) is 3.08. The molecule has 21 heavy (non-hydrogen) atoms. The number of pyridine rings is 1. The van der Waals surface area contributed by atoms with Crippen LogP contribution >= 0.6 is 0 Å². The predicted octanol–water partition coefficient (Wildman–Crippen LogP) is 2.25. The summed E-state index contributed by atoms with van der Waals surface area (Å²) in [7, 11) is -3.69. The van der Waals surface area contributed by atoms with Crippen molar-refractivity contribution in [2.45, 2.75) is 11.8 Å². The van der Waals surface area contributed by atoms with E-state index >= 15 is 0 Å². The van der Waals surface area contributed by atoms with Gasteiger partial charge in [-0.25, -0.2) is 8.42 Å². The van der Waals surface area contributed by atoms with Gasteiger partial charge in [-0.3, -0.25) is 9.71 Å². The van der Waals surface area contributed by atoms with Crippen LogP contribution in [0.2, 0.25) is 0 Å². The molecule has 0 spiro atoms. The van der Waals surface area contributed by atoms with E-state index in [9.17, 15) is 8.42 Å². The Morgan fingerprint density at radius 2 is 2.05 bits per heavy atom. The monoisotopic (exact) mass is 302 g/mol. The number of H-pyrrole nitrogens is 1. The molecule has 6 nitrogen and oxygen atoms in total. The van der Waals surface area contributed by atoms with Gasteiger partial charge in [-0.15, -0.1) is 0 Å². The van der Waals surface area contributed by atoms with Crippen LogP contribution in [-0.2, 0) is 10.0 Å². The third kappa shape index (κ3) is 2.55. The van der Waals surface area contributed by atoms with Gasteiger partial charge in [0.25, 0.3) is 10.0 Å². The molecule has 0 unspecified atom stereocenters. The van der Waals surface area contributed by atoms with Gasteiger partial charge in [-0.1, -0.05) is 0 Å². The molecule has 0 saturated heterocycles. The van der Waals surface area contributed by atoms with Gasteiger partial charge in [0.05, 0.1) is 11.9 Å². The molecule has 0 amide bonds. The zero-order valence-corrected chi connectivity index (χ0v) is 12.1. The molecule has 0 aliphatic carbocycles. The quantitative estimate of drug-likeness (QED) is 0.646. The van der Waals surface area contributed by atoms with Crippen molar-refractivity contribution in [3.8, 4) is 0 Å². The van der Waals surface area contributed by atoms with Crippen molar-refractivity contribution >= 4 is 32.3 Å². The molecule has 3 rings (SSSR count). The number of sulfonamides is 1. The molecule has 0 radical (unpaired) electrons. The molecule has 1 aromatic carbocycles. The molecule has 4 N–H and O–H groups in total. The maximum atomic E-state index is 12.5. The number of anilines is 2. The molecule has 108 valence electrons. The van der Waals surface area contributed by atoms with E-state index in [0.717, 1.165) is 5.56 Å². The highest BCUT2D eigenvalue weighted by atomic mass is 32.2. The normalized spacial score (nSPS) is 11.7. The van der Waals surface area contributed by atoms with Crippen LogP contribution in [0.25, 0.3) is 10.9 Å².